The second kappa shape index (κ2) is 8.83. The van der Waals surface area contributed by atoms with E-state index >= 15 is 0 Å². The summed E-state index contributed by atoms with van der Waals surface area (Å²) in [7, 11) is 0. The number of nitrogens with two attached hydrogens (primary N) is 1. The van der Waals surface area contributed by atoms with E-state index in [0.717, 1.165) is 5.56 Å². The number of rotatable bonds is 5. The smallest absolute Gasteiger partial charge is 0.317 e. The lowest BCUT2D eigenvalue weighted by Crippen LogP contribution is -2.35. The Balaban J connectivity index is 2.73. The molecule has 0 aliphatic heterocycles. The zero-order chi connectivity index (χ0) is 20.1. The molecule has 0 unspecified atom stereocenters. The number of halogens is 1. The Kier molecular flexibility index (Phi) is 6.76. The molecule has 0 heterocycles. The number of ether oxygens (including phenoxy) is 1. The van der Waals surface area contributed by atoms with Gasteiger partial charge in [0.1, 0.15) is 10.7 Å². The summed E-state index contributed by atoms with van der Waals surface area (Å²) in [6, 6.07) is 7.36. The van der Waals surface area contributed by atoms with E-state index in [1.807, 2.05) is 6.92 Å². The fourth-order valence-corrected chi connectivity index (χ4v) is 3.20. The fourth-order valence-electron chi connectivity index (χ4n) is 2.73. The van der Waals surface area contributed by atoms with Gasteiger partial charge in [-0.1, -0.05) is 29.9 Å². The minimum absolute atomic E-state index is 0.0442. The molecule has 0 fully saturated rings. The summed E-state index contributed by atoms with van der Waals surface area (Å²) in [5.41, 5.74) is 7.84. The molecule has 2 rings (SSSR count). The van der Waals surface area contributed by atoms with Gasteiger partial charge in [-0.15, -0.1) is 0 Å². The van der Waals surface area contributed by atoms with E-state index in [1.165, 1.54) is 12.1 Å². The van der Waals surface area contributed by atoms with Crippen molar-refractivity contribution in [3.8, 4) is 16.9 Å². The number of amides is 2. The molecule has 2 aromatic carbocycles. The monoisotopic (exact) mass is 406 g/mol. The first-order valence-electron chi connectivity index (χ1n) is 8.12. The molecule has 0 aliphatic carbocycles. The Morgan fingerprint density at radius 1 is 1.30 bits per heavy atom. The third-order valence-electron chi connectivity index (χ3n) is 3.87. The molecule has 0 spiro atoms. The number of carbonyl (C=O) groups excluding carboxylic acids is 2. The van der Waals surface area contributed by atoms with Gasteiger partial charge in [0, 0.05) is 16.1 Å². The predicted octanol–water partition coefficient (Wildman–Crippen LogP) is 3.47. The van der Waals surface area contributed by atoms with Gasteiger partial charge in [-0.25, -0.2) is 4.79 Å². The Labute approximate surface area is 167 Å². The standard InChI is InChI=1S/C19H19ClN2O4S/c1-3-26-16(24)9-14-12(18(27)22-19(21)25)6-7-15(23)17(14)13-8-11(20)5-4-10(13)2/h4-8,23H,3,9H2,1-2H3,(H3,21,22,25,27). The first-order chi connectivity index (χ1) is 12.7. The zero-order valence-corrected chi connectivity index (χ0v) is 16.4. The van der Waals surface area contributed by atoms with Gasteiger partial charge in [-0.3, -0.25) is 10.1 Å². The number of esters is 1. The van der Waals surface area contributed by atoms with Gasteiger partial charge < -0.3 is 15.6 Å². The summed E-state index contributed by atoms with van der Waals surface area (Å²) in [6.45, 7) is 3.76. The van der Waals surface area contributed by atoms with Crippen LogP contribution in [0.2, 0.25) is 5.02 Å². The van der Waals surface area contributed by atoms with E-state index < -0.39 is 12.0 Å². The lowest BCUT2D eigenvalue weighted by atomic mass is 9.90. The highest BCUT2D eigenvalue weighted by Gasteiger charge is 2.22. The van der Waals surface area contributed by atoms with Crippen LogP contribution in [0.3, 0.4) is 0 Å². The molecular formula is C19H19ClN2O4S. The highest BCUT2D eigenvalue weighted by Crippen LogP contribution is 2.38. The van der Waals surface area contributed by atoms with Gasteiger partial charge in [0.05, 0.1) is 13.0 Å². The molecule has 2 aromatic rings. The van der Waals surface area contributed by atoms with E-state index in [0.29, 0.717) is 27.3 Å². The highest BCUT2D eigenvalue weighted by atomic mass is 35.5. The van der Waals surface area contributed by atoms with Crippen molar-refractivity contribution >= 4 is 40.8 Å². The van der Waals surface area contributed by atoms with Crippen LogP contribution in [0.25, 0.3) is 11.1 Å². The fraction of sp³-hybridized carbons (Fsp3) is 0.211. The predicted molar refractivity (Wildman–Crippen MR) is 108 cm³/mol. The van der Waals surface area contributed by atoms with Crippen molar-refractivity contribution in [1.29, 1.82) is 0 Å². The number of aryl methyl sites for hydroxylation is 1. The molecule has 0 saturated carbocycles. The van der Waals surface area contributed by atoms with Crippen LogP contribution >= 0.6 is 23.8 Å². The maximum absolute atomic E-state index is 12.2. The molecule has 0 aliphatic rings. The normalized spacial score (nSPS) is 10.3. The molecule has 0 bridgehead atoms. The third kappa shape index (κ3) is 4.96. The number of phenols is 1. The summed E-state index contributed by atoms with van der Waals surface area (Å²) in [4.78, 5) is 23.4. The van der Waals surface area contributed by atoms with Crippen molar-refractivity contribution in [3.63, 3.8) is 0 Å². The van der Waals surface area contributed by atoms with Crippen LogP contribution in [-0.4, -0.2) is 28.7 Å². The van der Waals surface area contributed by atoms with Crippen molar-refractivity contribution in [2.75, 3.05) is 6.61 Å². The van der Waals surface area contributed by atoms with E-state index in [9.17, 15) is 14.7 Å². The number of nitrogens with one attached hydrogen (secondary N) is 1. The second-order valence-corrected chi connectivity index (χ2v) is 6.59. The molecule has 0 saturated heterocycles. The van der Waals surface area contributed by atoms with E-state index in [4.69, 9.17) is 34.3 Å². The topological polar surface area (TPSA) is 102 Å². The van der Waals surface area contributed by atoms with Gasteiger partial charge in [0.15, 0.2) is 0 Å². The molecule has 142 valence electrons. The Morgan fingerprint density at radius 2 is 2.00 bits per heavy atom. The Hall–Kier alpha value is -2.64. The molecule has 27 heavy (non-hydrogen) atoms. The average molecular weight is 407 g/mol. The Morgan fingerprint density at radius 3 is 2.63 bits per heavy atom. The molecule has 0 atom stereocenters. The number of phenolic OH excluding ortho intramolecular Hbond substituents is 1. The average Bonchev–Trinajstić information content (AvgIpc) is 2.57. The maximum atomic E-state index is 12.2. The van der Waals surface area contributed by atoms with Crippen LogP contribution in [0.5, 0.6) is 5.75 Å². The molecule has 6 nitrogen and oxygen atoms in total. The zero-order valence-electron chi connectivity index (χ0n) is 14.8. The van der Waals surface area contributed by atoms with Crippen LogP contribution in [0.15, 0.2) is 30.3 Å². The van der Waals surface area contributed by atoms with Crippen molar-refractivity contribution < 1.29 is 19.4 Å². The first-order valence-corrected chi connectivity index (χ1v) is 8.91. The van der Waals surface area contributed by atoms with E-state index in [-0.39, 0.29) is 23.8 Å². The third-order valence-corrected chi connectivity index (χ3v) is 4.42. The van der Waals surface area contributed by atoms with Gasteiger partial charge in [0.2, 0.25) is 0 Å². The van der Waals surface area contributed by atoms with Crippen molar-refractivity contribution in [2.45, 2.75) is 20.3 Å². The van der Waals surface area contributed by atoms with Crippen molar-refractivity contribution in [2.24, 2.45) is 5.73 Å². The highest BCUT2D eigenvalue weighted by molar-refractivity contribution is 7.80. The van der Waals surface area contributed by atoms with Gasteiger partial charge in [-0.2, -0.15) is 0 Å². The largest absolute Gasteiger partial charge is 0.507 e. The van der Waals surface area contributed by atoms with Crippen LogP contribution in [0.4, 0.5) is 4.79 Å². The SMILES string of the molecule is CCOC(=O)Cc1c(C(=S)NC(N)=O)ccc(O)c1-c1cc(Cl)ccc1C. The summed E-state index contributed by atoms with van der Waals surface area (Å²) in [6.07, 6.45) is -0.153. The second-order valence-electron chi connectivity index (χ2n) is 5.75. The van der Waals surface area contributed by atoms with Crippen molar-refractivity contribution in [3.05, 3.63) is 52.0 Å². The molecular weight excluding hydrogens is 388 g/mol. The summed E-state index contributed by atoms with van der Waals surface area (Å²) >= 11 is 11.4. The summed E-state index contributed by atoms with van der Waals surface area (Å²) < 4.78 is 5.04. The lowest BCUT2D eigenvalue weighted by molar-refractivity contribution is -0.142. The number of thiocarbonyl (C=S) groups is 1. The summed E-state index contributed by atoms with van der Waals surface area (Å²) in [5, 5.41) is 13.4. The quantitative estimate of drug-likeness (QED) is 0.521. The number of urea groups is 1. The van der Waals surface area contributed by atoms with Gasteiger partial charge >= 0.3 is 12.0 Å². The lowest BCUT2D eigenvalue weighted by Gasteiger charge is -2.18. The van der Waals surface area contributed by atoms with Crippen LogP contribution < -0.4 is 11.1 Å². The number of hydrogen-bond acceptors (Lipinski definition) is 5. The number of benzene rings is 2. The van der Waals surface area contributed by atoms with Gasteiger partial charge in [-0.05, 0) is 54.8 Å². The number of aromatic hydroxyl groups is 1. The van der Waals surface area contributed by atoms with E-state index in [1.54, 1.807) is 25.1 Å². The number of hydrogen-bond donors (Lipinski definition) is 3. The van der Waals surface area contributed by atoms with Crippen LogP contribution in [0.1, 0.15) is 23.6 Å². The molecule has 0 aromatic heterocycles. The van der Waals surface area contributed by atoms with Crippen LogP contribution in [-0.2, 0) is 16.0 Å². The minimum Gasteiger partial charge on any atom is -0.507 e. The number of primary amides is 1. The van der Waals surface area contributed by atoms with Crippen molar-refractivity contribution in [1.82, 2.24) is 5.32 Å². The maximum Gasteiger partial charge on any atom is 0.317 e. The first kappa shape index (κ1) is 20.7. The molecule has 0 radical (unpaired) electrons. The Bertz CT molecular complexity index is 915. The minimum atomic E-state index is -0.823. The molecule has 8 heteroatoms. The number of carbonyl (C=O) groups is 2. The van der Waals surface area contributed by atoms with E-state index in [2.05, 4.69) is 5.32 Å². The molecule has 4 N–H and O–H groups in total. The van der Waals surface area contributed by atoms with Crippen LogP contribution in [0, 0.1) is 6.92 Å². The van der Waals surface area contributed by atoms with Gasteiger partial charge in [0.25, 0.3) is 0 Å². The summed E-state index contributed by atoms with van der Waals surface area (Å²) in [5.74, 6) is -0.544. The molecule has 2 amide bonds.